The molecule has 4 rings (SSSR count). The summed E-state index contributed by atoms with van der Waals surface area (Å²) in [7, 11) is -1.74. The maximum atomic E-state index is 13.0. The molecule has 0 amide bonds. The molecule has 0 spiro atoms. The molecule has 1 aliphatic rings. The maximum Gasteiger partial charge on any atom is 0.258 e. The summed E-state index contributed by atoms with van der Waals surface area (Å²) >= 11 is 0. The van der Waals surface area contributed by atoms with E-state index in [1.54, 1.807) is 23.8 Å². The molecule has 0 radical (unpaired) electrons. The van der Waals surface area contributed by atoms with Crippen LogP contribution in [0.2, 0.25) is 0 Å². The van der Waals surface area contributed by atoms with E-state index in [2.05, 4.69) is 15.1 Å². The predicted octanol–water partition coefficient (Wildman–Crippen LogP) is 3.03. The third kappa shape index (κ3) is 4.84. The fraction of sp³-hybridized carbons (Fsp3) is 0.409. The van der Waals surface area contributed by atoms with Crippen LogP contribution < -0.4 is 0 Å². The van der Waals surface area contributed by atoms with Gasteiger partial charge in [0, 0.05) is 50.2 Å². The van der Waals surface area contributed by atoms with Crippen molar-refractivity contribution in [2.24, 2.45) is 0 Å². The lowest BCUT2D eigenvalue weighted by molar-refractivity contribution is 0.131. The van der Waals surface area contributed by atoms with Gasteiger partial charge in [-0.3, -0.25) is 4.98 Å². The van der Waals surface area contributed by atoms with E-state index in [-0.39, 0.29) is 11.2 Å². The zero-order valence-corrected chi connectivity index (χ0v) is 18.3. The Balaban J connectivity index is 1.52. The summed E-state index contributed by atoms with van der Waals surface area (Å²) in [5.41, 5.74) is 1.21. The highest BCUT2D eigenvalue weighted by Gasteiger charge is 2.42. The molecule has 3 heterocycles. The van der Waals surface area contributed by atoms with E-state index in [0.717, 1.165) is 11.1 Å². The molecular weight excluding hydrogens is 416 g/mol. The van der Waals surface area contributed by atoms with Crippen LogP contribution >= 0.6 is 0 Å². The fourth-order valence-corrected chi connectivity index (χ4v) is 5.54. The van der Waals surface area contributed by atoms with E-state index in [4.69, 9.17) is 9.26 Å². The number of piperidine rings is 1. The molecular formula is C22H26N4O4S. The van der Waals surface area contributed by atoms with Crippen LogP contribution in [-0.4, -0.2) is 54.7 Å². The van der Waals surface area contributed by atoms with Gasteiger partial charge in [0.25, 0.3) is 5.89 Å². The van der Waals surface area contributed by atoms with E-state index in [1.165, 1.54) is 0 Å². The minimum absolute atomic E-state index is 0.00725. The van der Waals surface area contributed by atoms with Crippen molar-refractivity contribution < 1.29 is 17.7 Å². The molecule has 1 saturated heterocycles. The largest absolute Gasteiger partial charge is 0.385 e. The average molecular weight is 443 g/mol. The molecule has 1 aromatic carbocycles. The summed E-state index contributed by atoms with van der Waals surface area (Å²) in [6.07, 6.45) is 5.27. The fourth-order valence-electron chi connectivity index (χ4n) is 4.00. The van der Waals surface area contributed by atoms with Crippen LogP contribution in [0.1, 0.15) is 30.7 Å². The molecule has 31 heavy (non-hydrogen) atoms. The van der Waals surface area contributed by atoms with Gasteiger partial charge in [0.2, 0.25) is 10.0 Å². The van der Waals surface area contributed by atoms with Gasteiger partial charge in [0.05, 0.1) is 5.75 Å². The molecule has 0 aliphatic carbocycles. The molecule has 0 unspecified atom stereocenters. The highest BCUT2D eigenvalue weighted by molar-refractivity contribution is 7.88. The van der Waals surface area contributed by atoms with Gasteiger partial charge in [-0.1, -0.05) is 35.5 Å². The van der Waals surface area contributed by atoms with E-state index in [0.29, 0.717) is 50.7 Å². The molecule has 9 heteroatoms. The van der Waals surface area contributed by atoms with Crippen molar-refractivity contribution in [1.29, 1.82) is 0 Å². The van der Waals surface area contributed by atoms with Crippen LogP contribution in [0.15, 0.2) is 59.4 Å². The summed E-state index contributed by atoms with van der Waals surface area (Å²) in [4.78, 5) is 8.67. The quantitative estimate of drug-likeness (QED) is 0.529. The number of ether oxygens (including phenoxy) is 1. The average Bonchev–Trinajstić information content (AvgIpc) is 3.30. The van der Waals surface area contributed by atoms with Crippen LogP contribution in [0.5, 0.6) is 0 Å². The molecule has 8 nitrogen and oxygen atoms in total. The van der Waals surface area contributed by atoms with Gasteiger partial charge in [-0.2, -0.15) is 4.98 Å². The monoisotopic (exact) mass is 442 g/mol. The first-order valence-corrected chi connectivity index (χ1v) is 11.9. The van der Waals surface area contributed by atoms with Gasteiger partial charge in [0.15, 0.2) is 5.82 Å². The normalized spacial score (nSPS) is 16.9. The second kappa shape index (κ2) is 9.25. The summed E-state index contributed by atoms with van der Waals surface area (Å²) < 4.78 is 38.3. The first-order valence-electron chi connectivity index (χ1n) is 10.3. The van der Waals surface area contributed by atoms with E-state index < -0.39 is 10.0 Å². The lowest BCUT2D eigenvalue weighted by atomic mass is 9.75. The van der Waals surface area contributed by atoms with Crippen LogP contribution in [0.25, 0.3) is 11.5 Å². The van der Waals surface area contributed by atoms with Gasteiger partial charge in [-0.25, -0.2) is 12.7 Å². The van der Waals surface area contributed by atoms with E-state index in [1.807, 2.05) is 42.5 Å². The Kier molecular flexibility index (Phi) is 6.45. The summed E-state index contributed by atoms with van der Waals surface area (Å²) in [6, 6.07) is 12.9. The van der Waals surface area contributed by atoms with Gasteiger partial charge < -0.3 is 9.26 Å². The Morgan fingerprint density at radius 2 is 1.81 bits per heavy atom. The van der Waals surface area contributed by atoms with E-state index >= 15 is 0 Å². The van der Waals surface area contributed by atoms with Crippen LogP contribution in [-0.2, 0) is 25.9 Å². The second-order valence-corrected chi connectivity index (χ2v) is 9.79. The van der Waals surface area contributed by atoms with Crippen molar-refractivity contribution >= 4 is 10.0 Å². The van der Waals surface area contributed by atoms with Crippen LogP contribution in [0.3, 0.4) is 0 Å². The van der Waals surface area contributed by atoms with Crippen molar-refractivity contribution in [3.63, 3.8) is 0 Å². The Bertz CT molecular complexity index is 1080. The number of hydrogen-bond donors (Lipinski definition) is 0. The Hall–Kier alpha value is -2.62. The SMILES string of the molecule is COCCC1(c2noc(-c3ccncc3)n2)CCN(S(=O)(=O)Cc2ccccc2)CC1. The highest BCUT2D eigenvalue weighted by Crippen LogP contribution is 2.39. The Morgan fingerprint density at radius 3 is 2.48 bits per heavy atom. The number of pyridine rings is 1. The van der Waals surface area contributed by atoms with Crippen molar-refractivity contribution in [3.05, 3.63) is 66.2 Å². The number of benzene rings is 1. The topological polar surface area (TPSA) is 98.4 Å². The van der Waals surface area contributed by atoms with Gasteiger partial charge in [-0.05, 0) is 37.0 Å². The van der Waals surface area contributed by atoms with Crippen LogP contribution in [0.4, 0.5) is 0 Å². The van der Waals surface area contributed by atoms with Crippen molar-refractivity contribution in [1.82, 2.24) is 19.4 Å². The molecule has 3 aromatic rings. The molecule has 0 saturated carbocycles. The lowest BCUT2D eigenvalue weighted by Gasteiger charge is -2.39. The predicted molar refractivity (Wildman–Crippen MR) is 116 cm³/mol. The van der Waals surface area contributed by atoms with E-state index in [9.17, 15) is 8.42 Å². The highest BCUT2D eigenvalue weighted by atomic mass is 32.2. The molecule has 0 atom stereocenters. The molecule has 164 valence electrons. The summed E-state index contributed by atoms with van der Waals surface area (Å²) in [5, 5.41) is 4.27. The molecule has 1 fully saturated rings. The minimum Gasteiger partial charge on any atom is -0.385 e. The zero-order chi connectivity index (χ0) is 21.7. The number of methoxy groups -OCH3 is 1. The number of sulfonamides is 1. The van der Waals surface area contributed by atoms with Gasteiger partial charge >= 0.3 is 0 Å². The summed E-state index contributed by atoms with van der Waals surface area (Å²) in [5.74, 6) is 1.05. The van der Waals surface area contributed by atoms with Crippen LogP contribution in [0, 0.1) is 0 Å². The standard InChI is InChI=1S/C22H26N4O4S/c1-29-16-11-22(21-24-20(30-25-21)19-7-12-23-13-8-19)9-14-26(15-10-22)31(27,28)17-18-5-3-2-4-6-18/h2-8,12-13H,9-11,14-17H2,1H3. The molecule has 0 bridgehead atoms. The lowest BCUT2D eigenvalue weighted by Crippen LogP contribution is -2.46. The number of hydrogen-bond acceptors (Lipinski definition) is 7. The Morgan fingerprint density at radius 1 is 1.10 bits per heavy atom. The second-order valence-electron chi connectivity index (χ2n) is 7.82. The van der Waals surface area contributed by atoms with Crippen molar-refractivity contribution in [3.8, 4) is 11.5 Å². The molecule has 1 aliphatic heterocycles. The number of nitrogens with zero attached hydrogens (tertiary/aromatic N) is 4. The maximum absolute atomic E-state index is 13.0. The number of rotatable bonds is 8. The smallest absolute Gasteiger partial charge is 0.258 e. The third-order valence-electron chi connectivity index (χ3n) is 5.88. The third-order valence-corrected chi connectivity index (χ3v) is 7.73. The van der Waals surface area contributed by atoms with Crippen molar-refractivity contribution in [2.45, 2.75) is 30.4 Å². The van der Waals surface area contributed by atoms with Gasteiger partial charge in [0.1, 0.15) is 0 Å². The molecule has 2 aromatic heterocycles. The summed E-state index contributed by atoms with van der Waals surface area (Å²) in [6.45, 7) is 1.37. The minimum atomic E-state index is -3.40. The Labute approximate surface area is 182 Å². The van der Waals surface area contributed by atoms with Crippen molar-refractivity contribution in [2.75, 3.05) is 26.8 Å². The molecule has 0 N–H and O–H groups in total. The first kappa shape index (κ1) is 21.6. The van der Waals surface area contributed by atoms with Gasteiger partial charge in [-0.15, -0.1) is 0 Å². The zero-order valence-electron chi connectivity index (χ0n) is 17.5. The number of aromatic nitrogens is 3. The first-order chi connectivity index (χ1) is 15.0.